The van der Waals surface area contributed by atoms with E-state index in [1.165, 1.54) is 0 Å². The van der Waals surface area contributed by atoms with E-state index < -0.39 is 0 Å². The molecule has 164 valence electrons. The molecular formula is C22H22N6O3S. The van der Waals surface area contributed by atoms with Crippen LogP contribution in [0.25, 0.3) is 22.2 Å². The number of nitrogens with one attached hydrogen (secondary N) is 1. The number of thiophene rings is 1. The fraction of sp³-hybridized carbons (Fsp3) is 0.318. The number of carbonyl (C=O) groups excluding carboxylic acids is 2. The molecule has 1 aromatic carbocycles. The van der Waals surface area contributed by atoms with Crippen LogP contribution in [0.3, 0.4) is 0 Å². The summed E-state index contributed by atoms with van der Waals surface area (Å²) in [5, 5.41) is 10.0. The van der Waals surface area contributed by atoms with E-state index in [0.29, 0.717) is 43.4 Å². The molecule has 32 heavy (non-hydrogen) atoms. The van der Waals surface area contributed by atoms with Crippen molar-refractivity contribution >= 4 is 28.9 Å². The van der Waals surface area contributed by atoms with Crippen LogP contribution >= 0.6 is 11.3 Å². The largest absolute Gasteiger partial charge is 0.335 e. The minimum Gasteiger partial charge on any atom is -0.335 e. The van der Waals surface area contributed by atoms with Gasteiger partial charge in [0.2, 0.25) is 11.7 Å². The van der Waals surface area contributed by atoms with Crippen molar-refractivity contribution in [3.8, 4) is 22.2 Å². The van der Waals surface area contributed by atoms with Gasteiger partial charge in [0.15, 0.2) is 0 Å². The van der Waals surface area contributed by atoms with Gasteiger partial charge in [-0.3, -0.25) is 14.5 Å². The summed E-state index contributed by atoms with van der Waals surface area (Å²) in [4.78, 5) is 33.5. The van der Waals surface area contributed by atoms with Gasteiger partial charge in [-0.1, -0.05) is 29.4 Å². The second-order valence-corrected chi connectivity index (χ2v) is 8.71. The average Bonchev–Trinajstić information content (AvgIpc) is 3.52. The van der Waals surface area contributed by atoms with Gasteiger partial charge in [0, 0.05) is 51.1 Å². The van der Waals surface area contributed by atoms with Crippen molar-refractivity contribution < 1.29 is 14.1 Å². The first-order valence-corrected chi connectivity index (χ1v) is 11.4. The Bertz CT molecular complexity index is 1150. The van der Waals surface area contributed by atoms with Gasteiger partial charge in [-0.15, -0.1) is 11.3 Å². The fourth-order valence-corrected chi connectivity index (χ4v) is 4.47. The molecule has 5 rings (SSSR count). The van der Waals surface area contributed by atoms with Crippen LogP contribution in [0.5, 0.6) is 0 Å². The molecule has 1 saturated heterocycles. The molecule has 0 aliphatic carbocycles. The van der Waals surface area contributed by atoms with Crippen LogP contribution in [-0.2, 0) is 16.1 Å². The molecule has 4 heterocycles. The molecule has 3 aromatic rings. The molecule has 2 aliphatic heterocycles. The molecule has 0 radical (unpaired) electrons. The van der Waals surface area contributed by atoms with Gasteiger partial charge >= 0.3 is 0 Å². The Hall–Kier alpha value is -3.37. The van der Waals surface area contributed by atoms with Crippen molar-refractivity contribution in [1.82, 2.24) is 25.4 Å². The second-order valence-electron chi connectivity index (χ2n) is 7.76. The highest BCUT2D eigenvalue weighted by Crippen LogP contribution is 2.26. The number of aromatic nitrogens is 2. The van der Waals surface area contributed by atoms with Crippen LogP contribution in [0.1, 0.15) is 18.4 Å². The monoisotopic (exact) mass is 450 g/mol. The zero-order valence-corrected chi connectivity index (χ0v) is 18.2. The average molecular weight is 451 g/mol. The molecule has 0 saturated carbocycles. The smallest absolute Gasteiger partial charge is 0.270 e. The Balaban J connectivity index is 1.19. The first-order chi connectivity index (χ1) is 15.7. The van der Waals surface area contributed by atoms with Crippen LogP contribution in [0.15, 0.2) is 51.4 Å². The SMILES string of the molecule is O=C1CCC(C(=O)N2CCN(Cc3cccc(-c4noc(-c5cccs5)n4)c3)CC2)=NN1. The number of benzene rings is 1. The first-order valence-electron chi connectivity index (χ1n) is 10.5. The fourth-order valence-electron chi connectivity index (χ4n) is 3.83. The number of piperazine rings is 1. The second kappa shape index (κ2) is 9.01. The van der Waals surface area contributed by atoms with Crippen molar-refractivity contribution in [3.05, 3.63) is 47.3 Å². The third-order valence-electron chi connectivity index (χ3n) is 5.56. The van der Waals surface area contributed by atoms with E-state index in [2.05, 4.69) is 37.7 Å². The van der Waals surface area contributed by atoms with E-state index in [-0.39, 0.29) is 11.8 Å². The summed E-state index contributed by atoms with van der Waals surface area (Å²) in [5.74, 6) is 0.886. The molecule has 9 nitrogen and oxygen atoms in total. The summed E-state index contributed by atoms with van der Waals surface area (Å²) in [6.45, 7) is 3.62. The van der Waals surface area contributed by atoms with Crippen molar-refractivity contribution in [2.24, 2.45) is 5.10 Å². The summed E-state index contributed by atoms with van der Waals surface area (Å²) in [7, 11) is 0. The Morgan fingerprint density at radius 1 is 1.12 bits per heavy atom. The van der Waals surface area contributed by atoms with Crippen molar-refractivity contribution in [2.45, 2.75) is 19.4 Å². The molecule has 2 aliphatic rings. The number of hydrazone groups is 1. The molecule has 0 spiro atoms. The van der Waals surface area contributed by atoms with E-state index >= 15 is 0 Å². The van der Waals surface area contributed by atoms with Gasteiger partial charge in [0.05, 0.1) is 4.88 Å². The van der Waals surface area contributed by atoms with E-state index in [1.54, 1.807) is 11.3 Å². The van der Waals surface area contributed by atoms with Gasteiger partial charge in [-0.05, 0) is 23.1 Å². The van der Waals surface area contributed by atoms with Crippen molar-refractivity contribution in [1.29, 1.82) is 0 Å². The topological polar surface area (TPSA) is 104 Å². The predicted molar refractivity (Wildman–Crippen MR) is 120 cm³/mol. The first kappa shape index (κ1) is 20.5. The maximum atomic E-state index is 12.6. The maximum absolute atomic E-state index is 12.6. The minimum absolute atomic E-state index is 0.0784. The van der Waals surface area contributed by atoms with Gasteiger partial charge in [-0.2, -0.15) is 10.1 Å². The minimum atomic E-state index is -0.142. The highest BCUT2D eigenvalue weighted by molar-refractivity contribution is 7.13. The summed E-state index contributed by atoms with van der Waals surface area (Å²) in [6.07, 6.45) is 0.720. The molecular weight excluding hydrogens is 428 g/mol. The summed E-state index contributed by atoms with van der Waals surface area (Å²) in [6, 6.07) is 12.1. The van der Waals surface area contributed by atoms with E-state index in [1.807, 2.05) is 34.5 Å². The molecule has 0 unspecified atom stereocenters. The maximum Gasteiger partial charge on any atom is 0.270 e. The Labute approximate surface area is 188 Å². The highest BCUT2D eigenvalue weighted by atomic mass is 32.1. The van der Waals surface area contributed by atoms with Crippen LogP contribution in [0.2, 0.25) is 0 Å². The number of carbonyl (C=O) groups is 2. The summed E-state index contributed by atoms with van der Waals surface area (Å²) in [5.41, 5.74) is 4.91. The molecule has 0 bridgehead atoms. The van der Waals surface area contributed by atoms with E-state index in [4.69, 9.17) is 4.52 Å². The van der Waals surface area contributed by atoms with Gasteiger partial charge < -0.3 is 9.42 Å². The van der Waals surface area contributed by atoms with Gasteiger partial charge in [-0.25, -0.2) is 5.43 Å². The van der Waals surface area contributed by atoms with Crippen LogP contribution in [0, 0.1) is 0 Å². The number of amides is 2. The zero-order valence-electron chi connectivity index (χ0n) is 17.4. The van der Waals surface area contributed by atoms with E-state index in [0.717, 1.165) is 35.6 Å². The zero-order chi connectivity index (χ0) is 21.9. The Kier molecular flexibility index (Phi) is 5.78. The predicted octanol–water partition coefficient (Wildman–Crippen LogP) is 2.38. The highest BCUT2D eigenvalue weighted by Gasteiger charge is 2.26. The molecule has 0 atom stereocenters. The molecule has 2 amide bonds. The number of rotatable bonds is 5. The normalized spacial score (nSPS) is 17.2. The molecule has 2 aromatic heterocycles. The summed E-state index contributed by atoms with van der Waals surface area (Å²) < 4.78 is 5.41. The Morgan fingerprint density at radius 2 is 2.00 bits per heavy atom. The third-order valence-corrected chi connectivity index (χ3v) is 6.42. The van der Waals surface area contributed by atoms with Crippen LogP contribution < -0.4 is 5.43 Å². The van der Waals surface area contributed by atoms with E-state index in [9.17, 15) is 9.59 Å². The van der Waals surface area contributed by atoms with Crippen molar-refractivity contribution in [3.63, 3.8) is 0 Å². The lowest BCUT2D eigenvalue weighted by atomic mass is 10.1. The third kappa shape index (κ3) is 4.46. The quantitative estimate of drug-likeness (QED) is 0.640. The van der Waals surface area contributed by atoms with Crippen LogP contribution in [-0.4, -0.2) is 63.6 Å². The lowest BCUT2D eigenvalue weighted by Crippen LogP contribution is -2.51. The summed E-state index contributed by atoms with van der Waals surface area (Å²) >= 11 is 1.57. The number of hydrogen-bond acceptors (Lipinski definition) is 8. The van der Waals surface area contributed by atoms with Gasteiger partial charge in [0.1, 0.15) is 5.71 Å². The standard InChI is InChI=1S/C22H22N6O3S/c29-19-7-6-17(24-25-19)22(30)28-10-8-27(9-11-28)14-15-3-1-4-16(13-15)20-23-21(31-26-20)18-5-2-12-32-18/h1-5,12-13H,6-11,14H2,(H,25,29). The lowest BCUT2D eigenvalue weighted by molar-refractivity contribution is -0.126. The number of nitrogens with zero attached hydrogens (tertiary/aromatic N) is 5. The Morgan fingerprint density at radius 3 is 2.75 bits per heavy atom. The molecule has 1 fully saturated rings. The molecule has 10 heteroatoms. The lowest BCUT2D eigenvalue weighted by Gasteiger charge is -2.35. The number of hydrogen-bond donors (Lipinski definition) is 1. The van der Waals surface area contributed by atoms with Crippen molar-refractivity contribution in [2.75, 3.05) is 26.2 Å². The van der Waals surface area contributed by atoms with Gasteiger partial charge in [0.25, 0.3) is 11.8 Å². The van der Waals surface area contributed by atoms with Crippen LogP contribution in [0.4, 0.5) is 0 Å². The molecule has 1 N–H and O–H groups in total.